The normalized spacial score (nSPS) is 11.3. The molecule has 0 aliphatic carbocycles. The Morgan fingerprint density at radius 1 is 1.20 bits per heavy atom. The zero-order chi connectivity index (χ0) is 18.2. The third kappa shape index (κ3) is 3.17. The number of hydrogen-bond acceptors (Lipinski definition) is 4. The zero-order valence-electron chi connectivity index (χ0n) is 12.8. The lowest BCUT2D eigenvalue weighted by Crippen LogP contribution is -2.13. The minimum Gasteiger partial charge on any atom is -0.440 e. The predicted octanol–water partition coefficient (Wildman–Crippen LogP) is 4.28. The van der Waals surface area contributed by atoms with Crippen LogP contribution in [0.3, 0.4) is 0 Å². The second-order valence-electron chi connectivity index (χ2n) is 5.21. The van der Waals surface area contributed by atoms with E-state index in [4.69, 9.17) is 9.68 Å². The number of anilines is 1. The number of benzene rings is 2. The Hall–Kier alpha value is -3.34. The molecule has 8 heteroatoms. The van der Waals surface area contributed by atoms with E-state index in [0.29, 0.717) is 17.1 Å². The highest BCUT2D eigenvalue weighted by atomic mass is 19.4. The number of aryl methyl sites for hydroxylation is 1. The minimum absolute atomic E-state index is 0.0609. The van der Waals surface area contributed by atoms with E-state index in [9.17, 15) is 18.0 Å². The van der Waals surface area contributed by atoms with Crippen molar-refractivity contribution in [1.82, 2.24) is 4.98 Å². The van der Waals surface area contributed by atoms with Crippen molar-refractivity contribution in [1.29, 1.82) is 5.26 Å². The number of aromatic nitrogens is 1. The van der Waals surface area contributed by atoms with E-state index in [1.165, 1.54) is 12.1 Å². The number of halogens is 3. The van der Waals surface area contributed by atoms with Gasteiger partial charge in [-0.2, -0.15) is 18.4 Å². The Balaban J connectivity index is 1.91. The van der Waals surface area contributed by atoms with Gasteiger partial charge in [0, 0.05) is 12.5 Å². The highest BCUT2D eigenvalue weighted by Gasteiger charge is 2.30. The standard InChI is InChI=1S/C17H10F3N3O2/c1-9-22-14-13(7-4-11(8-21)15(14)25-9)23-16(24)10-2-5-12(6-3-10)17(18,19)20/h2-7H,1H3,(H,23,24). The topological polar surface area (TPSA) is 78.9 Å². The van der Waals surface area contributed by atoms with Crippen LogP contribution in [0.25, 0.3) is 11.1 Å². The summed E-state index contributed by atoms with van der Waals surface area (Å²) in [4.78, 5) is 16.4. The summed E-state index contributed by atoms with van der Waals surface area (Å²) >= 11 is 0. The first kappa shape index (κ1) is 16.5. The van der Waals surface area contributed by atoms with Crippen LogP contribution in [-0.4, -0.2) is 10.9 Å². The van der Waals surface area contributed by atoms with Crippen LogP contribution in [0.5, 0.6) is 0 Å². The number of nitrogens with zero attached hydrogens (tertiary/aromatic N) is 2. The second kappa shape index (κ2) is 5.94. The molecule has 3 rings (SSSR count). The lowest BCUT2D eigenvalue weighted by molar-refractivity contribution is -0.137. The van der Waals surface area contributed by atoms with Crippen molar-refractivity contribution in [2.75, 3.05) is 5.32 Å². The molecule has 0 radical (unpaired) electrons. The van der Waals surface area contributed by atoms with Crippen LogP contribution in [0.1, 0.15) is 27.4 Å². The van der Waals surface area contributed by atoms with Gasteiger partial charge in [0.15, 0.2) is 11.5 Å². The van der Waals surface area contributed by atoms with Gasteiger partial charge in [-0.15, -0.1) is 0 Å². The molecule has 25 heavy (non-hydrogen) atoms. The van der Waals surface area contributed by atoms with Crippen LogP contribution in [0.15, 0.2) is 40.8 Å². The lowest BCUT2D eigenvalue weighted by atomic mass is 10.1. The van der Waals surface area contributed by atoms with Gasteiger partial charge in [-0.25, -0.2) is 4.98 Å². The second-order valence-corrected chi connectivity index (χ2v) is 5.21. The third-order valence-electron chi connectivity index (χ3n) is 3.49. The van der Waals surface area contributed by atoms with Gasteiger partial charge < -0.3 is 9.73 Å². The number of fused-ring (bicyclic) bond motifs is 1. The van der Waals surface area contributed by atoms with Gasteiger partial charge >= 0.3 is 6.18 Å². The van der Waals surface area contributed by atoms with Crippen LogP contribution in [0.4, 0.5) is 18.9 Å². The molecule has 126 valence electrons. The van der Waals surface area contributed by atoms with Crippen molar-refractivity contribution < 1.29 is 22.4 Å². The number of carbonyl (C=O) groups is 1. The summed E-state index contributed by atoms with van der Waals surface area (Å²) in [5.74, 6) is -0.275. The Morgan fingerprint density at radius 2 is 1.88 bits per heavy atom. The maximum Gasteiger partial charge on any atom is 0.416 e. The number of carbonyl (C=O) groups excluding carboxylic acids is 1. The van der Waals surface area contributed by atoms with Crippen LogP contribution in [-0.2, 0) is 6.18 Å². The van der Waals surface area contributed by atoms with Gasteiger partial charge in [0.25, 0.3) is 5.91 Å². The SMILES string of the molecule is Cc1nc2c(NC(=O)c3ccc(C(F)(F)F)cc3)ccc(C#N)c2o1. The average Bonchev–Trinajstić information content (AvgIpc) is 2.96. The van der Waals surface area contributed by atoms with E-state index >= 15 is 0 Å². The minimum atomic E-state index is -4.47. The van der Waals surface area contributed by atoms with E-state index in [2.05, 4.69) is 10.3 Å². The Labute approximate surface area is 139 Å². The van der Waals surface area contributed by atoms with Crippen molar-refractivity contribution in [3.05, 3.63) is 59.0 Å². The van der Waals surface area contributed by atoms with Crippen molar-refractivity contribution in [3.63, 3.8) is 0 Å². The lowest BCUT2D eigenvalue weighted by Gasteiger charge is -2.08. The summed E-state index contributed by atoms with van der Waals surface area (Å²) in [7, 11) is 0. The van der Waals surface area contributed by atoms with Crippen LogP contribution in [0, 0.1) is 18.3 Å². The molecular formula is C17H10F3N3O2. The maximum atomic E-state index is 12.6. The zero-order valence-corrected chi connectivity index (χ0v) is 12.8. The highest BCUT2D eigenvalue weighted by Crippen LogP contribution is 2.30. The molecule has 1 N–H and O–H groups in total. The van der Waals surface area contributed by atoms with E-state index in [1.54, 1.807) is 6.92 Å². The van der Waals surface area contributed by atoms with Gasteiger partial charge in [0.05, 0.1) is 16.8 Å². The molecule has 0 fully saturated rings. The summed E-state index contributed by atoms with van der Waals surface area (Å²) in [5.41, 5.74) is 0.337. The molecular weight excluding hydrogens is 335 g/mol. The predicted molar refractivity (Wildman–Crippen MR) is 82.9 cm³/mol. The largest absolute Gasteiger partial charge is 0.440 e. The average molecular weight is 345 g/mol. The van der Waals surface area contributed by atoms with Gasteiger partial charge in [-0.1, -0.05) is 0 Å². The summed E-state index contributed by atoms with van der Waals surface area (Å²) in [6.45, 7) is 1.60. The molecule has 5 nitrogen and oxygen atoms in total. The molecule has 1 amide bonds. The Kier molecular flexibility index (Phi) is 3.93. The molecule has 0 saturated carbocycles. The number of nitrogens with one attached hydrogen (secondary N) is 1. The fourth-order valence-corrected chi connectivity index (χ4v) is 2.31. The van der Waals surface area contributed by atoms with Crippen LogP contribution < -0.4 is 5.32 Å². The highest BCUT2D eigenvalue weighted by molar-refractivity contribution is 6.08. The molecule has 1 heterocycles. The third-order valence-corrected chi connectivity index (χ3v) is 3.49. The molecule has 0 unspecified atom stereocenters. The van der Waals surface area contributed by atoms with Crippen LogP contribution >= 0.6 is 0 Å². The summed E-state index contributed by atoms with van der Waals surface area (Å²) in [6.07, 6.45) is -4.47. The number of hydrogen-bond donors (Lipinski definition) is 1. The maximum absolute atomic E-state index is 12.6. The number of amides is 1. The van der Waals surface area contributed by atoms with E-state index < -0.39 is 17.6 Å². The van der Waals surface area contributed by atoms with Crippen molar-refractivity contribution in [3.8, 4) is 6.07 Å². The molecule has 0 aliphatic rings. The first-order chi connectivity index (χ1) is 11.8. The molecule has 3 aromatic rings. The van der Waals surface area contributed by atoms with Crippen molar-refractivity contribution in [2.45, 2.75) is 13.1 Å². The monoisotopic (exact) mass is 345 g/mol. The van der Waals surface area contributed by atoms with Crippen molar-refractivity contribution in [2.24, 2.45) is 0 Å². The summed E-state index contributed by atoms with van der Waals surface area (Å²) in [6, 6.07) is 8.78. The number of oxazole rings is 1. The molecule has 0 saturated heterocycles. The van der Waals surface area contributed by atoms with Gasteiger partial charge in [0.2, 0.25) is 0 Å². The summed E-state index contributed by atoms with van der Waals surface area (Å²) in [5, 5.41) is 11.6. The van der Waals surface area contributed by atoms with E-state index in [-0.39, 0.29) is 16.7 Å². The molecule has 0 spiro atoms. The van der Waals surface area contributed by atoms with E-state index in [0.717, 1.165) is 24.3 Å². The van der Waals surface area contributed by atoms with Gasteiger partial charge in [-0.3, -0.25) is 4.79 Å². The Bertz CT molecular complexity index is 999. The molecule has 2 aromatic carbocycles. The van der Waals surface area contributed by atoms with Crippen LogP contribution in [0.2, 0.25) is 0 Å². The molecule has 0 aliphatic heterocycles. The number of nitriles is 1. The van der Waals surface area contributed by atoms with Gasteiger partial charge in [-0.05, 0) is 36.4 Å². The molecule has 0 bridgehead atoms. The molecule has 0 atom stereocenters. The summed E-state index contributed by atoms with van der Waals surface area (Å²) < 4.78 is 43.1. The smallest absolute Gasteiger partial charge is 0.416 e. The van der Waals surface area contributed by atoms with Gasteiger partial charge in [0.1, 0.15) is 11.6 Å². The number of rotatable bonds is 2. The quantitative estimate of drug-likeness (QED) is 0.752. The van der Waals surface area contributed by atoms with Crippen molar-refractivity contribution >= 4 is 22.7 Å². The fraction of sp³-hybridized carbons (Fsp3) is 0.118. The molecule has 1 aromatic heterocycles. The Morgan fingerprint density at radius 3 is 2.48 bits per heavy atom. The first-order valence-electron chi connectivity index (χ1n) is 7.08. The first-order valence-corrected chi connectivity index (χ1v) is 7.08. The van der Waals surface area contributed by atoms with E-state index in [1.807, 2.05) is 6.07 Å². The fourth-order valence-electron chi connectivity index (χ4n) is 2.31. The number of alkyl halides is 3.